The first-order valence-corrected chi connectivity index (χ1v) is 18.5. The van der Waals surface area contributed by atoms with E-state index in [1.165, 1.54) is 109 Å². The van der Waals surface area contributed by atoms with Crippen molar-refractivity contribution in [1.29, 1.82) is 0 Å². The zero-order chi connectivity index (χ0) is 40.5. The number of carbonyl (C=O) groups is 3. The largest absolute Gasteiger partial charge is 0.383 e. The molecule has 7 rings (SSSR count). The predicted octanol–water partition coefficient (Wildman–Crippen LogP) is 4.76. The van der Waals surface area contributed by atoms with Crippen LogP contribution in [0.25, 0.3) is 0 Å². The third-order valence-electron chi connectivity index (χ3n) is 11.6. The fourth-order valence-electron chi connectivity index (χ4n) is 8.75. The quantitative estimate of drug-likeness (QED) is 0.0962. The van der Waals surface area contributed by atoms with Gasteiger partial charge in [0.15, 0.2) is 16.8 Å². The van der Waals surface area contributed by atoms with Crippen LogP contribution in [-0.2, 0) is 19.3 Å². The van der Waals surface area contributed by atoms with Gasteiger partial charge in [-0.15, -0.1) is 0 Å². The normalized spacial score (nSPS) is 28.3. The van der Waals surface area contributed by atoms with Gasteiger partial charge in [0.05, 0.1) is 0 Å². The Morgan fingerprint density at radius 1 is 0.298 bits per heavy atom. The highest BCUT2D eigenvalue weighted by atomic mass is 16.5. The van der Waals surface area contributed by atoms with E-state index in [4.69, 9.17) is 0 Å². The number of ketones is 3. The molecular weight excluding hydrogens is 721 g/mol. The van der Waals surface area contributed by atoms with Crippen LogP contribution in [-0.4, -0.2) is 81.6 Å². The van der Waals surface area contributed by atoms with Crippen molar-refractivity contribution in [2.24, 2.45) is 0 Å². The summed E-state index contributed by atoms with van der Waals surface area (Å²) < 4.78 is 0. The average Bonchev–Trinajstić information content (AvgIpc) is 3.26. The van der Waals surface area contributed by atoms with E-state index in [0.717, 1.165) is 0 Å². The third kappa shape index (κ3) is 5.82. The van der Waals surface area contributed by atoms with Gasteiger partial charge in [0.1, 0.15) is 16.8 Å². The number of benzene rings is 6. The summed E-state index contributed by atoms with van der Waals surface area (Å²) in [4.78, 5) is 46.5. The van der Waals surface area contributed by atoms with Crippen molar-refractivity contribution in [3.63, 3.8) is 0 Å². The fraction of sp³-hybridized carbons (Fsp3) is 0.188. The molecule has 1 saturated carbocycles. The minimum Gasteiger partial charge on any atom is -0.383 e. The molecule has 9 nitrogen and oxygen atoms in total. The van der Waals surface area contributed by atoms with Crippen molar-refractivity contribution in [3.05, 3.63) is 215 Å². The van der Waals surface area contributed by atoms with E-state index in [1.54, 1.807) is 72.8 Å². The third-order valence-corrected chi connectivity index (χ3v) is 11.6. The van der Waals surface area contributed by atoms with Crippen LogP contribution in [0.5, 0.6) is 0 Å². The molecule has 0 saturated heterocycles. The first kappa shape index (κ1) is 39.3. The van der Waals surface area contributed by atoms with E-state index >= 15 is 14.4 Å². The summed E-state index contributed by atoms with van der Waals surface area (Å²) in [6.45, 7) is 0. The summed E-state index contributed by atoms with van der Waals surface area (Å²) in [6.07, 6.45) is -2.81. The molecule has 6 atom stereocenters. The predicted molar refractivity (Wildman–Crippen MR) is 212 cm³/mol. The van der Waals surface area contributed by atoms with E-state index in [9.17, 15) is 30.6 Å². The van der Waals surface area contributed by atoms with Gasteiger partial charge in [0.25, 0.3) is 0 Å². The van der Waals surface area contributed by atoms with Crippen molar-refractivity contribution >= 4 is 17.3 Å². The molecule has 6 aromatic carbocycles. The van der Waals surface area contributed by atoms with E-state index in [2.05, 4.69) is 0 Å². The Morgan fingerprint density at radius 3 is 0.807 bits per heavy atom. The molecule has 0 aliphatic heterocycles. The van der Waals surface area contributed by atoms with Crippen LogP contribution in [0.3, 0.4) is 0 Å². The number of hydrogen-bond donors (Lipinski definition) is 6. The standard InChI is InChI=1S/C48H42O9/c49-40(37-25-13-4-14-26-37)46(55)43(52,31-34-19-7-1-8-20-34)44(53,32-35-21-9-2-10-22-35)47(56,41(50)38-27-15-5-16-28-38)48(57,42(51)39-29-17-6-18-30-39)45(46,54)33-36-23-11-3-12-24-36/h1-30,52-57H,31-33H2/t43-,44+,45+,46-,47-,48-/m0/s1. The van der Waals surface area contributed by atoms with Crippen molar-refractivity contribution in [2.45, 2.75) is 52.9 Å². The highest BCUT2D eigenvalue weighted by Gasteiger charge is 2.93. The number of carbonyl (C=O) groups excluding carboxylic acids is 3. The van der Waals surface area contributed by atoms with Gasteiger partial charge in [-0.05, 0) is 16.7 Å². The summed E-state index contributed by atoms with van der Waals surface area (Å²) in [5.41, 5.74) is -23.0. The van der Waals surface area contributed by atoms with Gasteiger partial charge >= 0.3 is 0 Å². The number of aliphatic hydroxyl groups is 6. The Bertz CT molecular complexity index is 2360. The highest BCUT2D eigenvalue weighted by molar-refractivity contribution is 6.16. The molecule has 0 heterocycles. The molecular formula is C48H42O9. The Labute approximate surface area is 329 Å². The second-order valence-corrected chi connectivity index (χ2v) is 14.8. The van der Waals surface area contributed by atoms with Gasteiger partial charge in [-0.3, -0.25) is 14.4 Å². The maximum absolute atomic E-state index is 15.5. The Hall–Kier alpha value is -5.91. The average molecular weight is 763 g/mol. The summed E-state index contributed by atoms with van der Waals surface area (Å²) in [6, 6.07) is 44.7. The Kier molecular flexibility index (Phi) is 10.3. The highest BCUT2D eigenvalue weighted by Crippen LogP contribution is 2.63. The van der Waals surface area contributed by atoms with Crippen LogP contribution in [0, 0.1) is 0 Å². The van der Waals surface area contributed by atoms with Gasteiger partial charge < -0.3 is 30.6 Å². The van der Waals surface area contributed by atoms with E-state index in [0.29, 0.717) is 0 Å². The number of rotatable bonds is 12. The summed E-state index contributed by atoms with van der Waals surface area (Å²) in [5, 5.41) is 83.1. The van der Waals surface area contributed by atoms with Crippen molar-refractivity contribution < 1.29 is 45.0 Å². The van der Waals surface area contributed by atoms with Gasteiger partial charge in [-0.25, -0.2) is 0 Å². The van der Waals surface area contributed by atoms with Crippen molar-refractivity contribution in [3.8, 4) is 0 Å². The second-order valence-electron chi connectivity index (χ2n) is 14.8. The zero-order valence-corrected chi connectivity index (χ0v) is 30.8. The van der Waals surface area contributed by atoms with E-state index in [1.807, 2.05) is 0 Å². The first-order valence-electron chi connectivity index (χ1n) is 18.5. The molecule has 288 valence electrons. The molecule has 1 aliphatic rings. The van der Waals surface area contributed by atoms with Crippen LogP contribution in [0.2, 0.25) is 0 Å². The first-order chi connectivity index (χ1) is 27.3. The zero-order valence-electron chi connectivity index (χ0n) is 30.8. The molecule has 0 unspecified atom stereocenters. The molecule has 9 heteroatoms. The lowest BCUT2D eigenvalue weighted by Crippen LogP contribution is -3.00. The van der Waals surface area contributed by atoms with Crippen LogP contribution in [0.15, 0.2) is 182 Å². The van der Waals surface area contributed by atoms with E-state index < -0.39 is 70.2 Å². The van der Waals surface area contributed by atoms with Crippen LogP contribution in [0.1, 0.15) is 47.8 Å². The molecule has 6 aromatic rings. The summed E-state index contributed by atoms with van der Waals surface area (Å²) in [5.74, 6) is -4.39. The molecule has 0 bridgehead atoms. The minimum atomic E-state index is -4.02. The van der Waals surface area contributed by atoms with Crippen LogP contribution >= 0.6 is 0 Å². The smallest absolute Gasteiger partial charge is 0.201 e. The van der Waals surface area contributed by atoms with Crippen molar-refractivity contribution in [2.75, 3.05) is 0 Å². The van der Waals surface area contributed by atoms with Crippen molar-refractivity contribution in [1.82, 2.24) is 0 Å². The molecule has 6 N–H and O–H groups in total. The lowest BCUT2D eigenvalue weighted by Gasteiger charge is -2.71. The molecule has 1 fully saturated rings. The molecule has 0 amide bonds. The molecule has 1 aliphatic carbocycles. The minimum absolute atomic E-state index is 0.128. The van der Waals surface area contributed by atoms with Crippen LogP contribution in [0.4, 0.5) is 0 Å². The fourth-order valence-corrected chi connectivity index (χ4v) is 8.75. The second kappa shape index (κ2) is 14.9. The maximum atomic E-state index is 15.5. The lowest BCUT2D eigenvalue weighted by molar-refractivity contribution is -0.397. The number of hydrogen-bond acceptors (Lipinski definition) is 9. The lowest BCUT2D eigenvalue weighted by atomic mass is 9.39. The van der Waals surface area contributed by atoms with Gasteiger partial charge in [-0.1, -0.05) is 182 Å². The Balaban J connectivity index is 1.71. The van der Waals surface area contributed by atoms with Gasteiger partial charge in [0.2, 0.25) is 17.3 Å². The van der Waals surface area contributed by atoms with Crippen LogP contribution < -0.4 is 0 Å². The SMILES string of the molecule is O=C(c1ccccc1)[C@@]1(O)[C@](O)(Cc2ccccc2)[C@@](O)(C(=O)c2ccccc2)[C@](O)(C(=O)c2ccccc2)[C@@](O)(Cc2ccccc2)[C@@]1(O)Cc1ccccc1. The monoisotopic (exact) mass is 762 g/mol. The van der Waals surface area contributed by atoms with E-state index in [-0.39, 0.29) is 33.4 Å². The van der Waals surface area contributed by atoms with Gasteiger partial charge in [0, 0.05) is 36.0 Å². The maximum Gasteiger partial charge on any atom is 0.201 e. The summed E-state index contributed by atoms with van der Waals surface area (Å²) in [7, 11) is 0. The topological polar surface area (TPSA) is 173 Å². The number of Topliss-reactive ketones (excluding diaryl/α,β-unsaturated/α-hetero) is 3. The summed E-state index contributed by atoms with van der Waals surface area (Å²) >= 11 is 0. The molecule has 57 heavy (non-hydrogen) atoms. The molecule has 0 radical (unpaired) electrons. The molecule has 0 aromatic heterocycles. The Morgan fingerprint density at radius 2 is 0.509 bits per heavy atom. The van der Waals surface area contributed by atoms with Gasteiger partial charge in [-0.2, -0.15) is 0 Å². The molecule has 0 spiro atoms.